The number of aryl methyl sites for hydroxylation is 1. The summed E-state index contributed by atoms with van der Waals surface area (Å²) in [6.07, 6.45) is 1.13. The van der Waals surface area contributed by atoms with E-state index in [4.69, 9.17) is 0 Å². The number of halogens is 1. The van der Waals surface area contributed by atoms with Crippen LogP contribution in [0.2, 0.25) is 0 Å². The van der Waals surface area contributed by atoms with Crippen LogP contribution in [0.15, 0.2) is 29.6 Å². The molecule has 1 aromatic heterocycles. The number of alkyl halides is 1. The number of hydrogen-bond acceptors (Lipinski definition) is 1. The monoisotopic (exact) mass is 240 g/mol. The summed E-state index contributed by atoms with van der Waals surface area (Å²) < 4.78 is 1.40. The molecular formula is C10H9BrS. The molecule has 2 rings (SSSR count). The van der Waals surface area contributed by atoms with E-state index in [1.807, 2.05) is 11.3 Å². The molecule has 0 unspecified atom stereocenters. The molecule has 0 saturated carbocycles. The Bertz CT molecular complexity index is 378. The summed E-state index contributed by atoms with van der Waals surface area (Å²) in [4.78, 5) is 0. The van der Waals surface area contributed by atoms with Gasteiger partial charge < -0.3 is 0 Å². The minimum Gasteiger partial charge on any atom is -0.144 e. The standard InChI is InChI=1S/C10H9BrS/c11-6-5-8-7-12-10-4-2-1-3-9(8)10/h1-4,7H,5-6H2. The minimum atomic E-state index is 1.05. The van der Waals surface area contributed by atoms with E-state index in [0.717, 1.165) is 11.8 Å². The zero-order chi connectivity index (χ0) is 8.39. The molecule has 2 aromatic rings. The van der Waals surface area contributed by atoms with E-state index in [1.54, 1.807) is 0 Å². The molecule has 0 aliphatic carbocycles. The molecule has 0 radical (unpaired) electrons. The Morgan fingerprint density at radius 1 is 1.25 bits per heavy atom. The fraction of sp³-hybridized carbons (Fsp3) is 0.200. The predicted molar refractivity (Wildman–Crippen MR) is 59.3 cm³/mol. The molecule has 1 aromatic carbocycles. The highest BCUT2D eigenvalue weighted by atomic mass is 79.9. The summed E-state index contributed by atoms with van der Waals surface area (Å²) in [7, 11) is 0. The maximum Gasteiger partial charge on any atom is 0.0345 e. The van der Waals surface area contributed by atoms with Crippen LogP contribution in [-0.4, -0.2) is 5.33 Å². The third-order valence-corrected chi connectivity index (χ3v) is 3.33. The smallest absolute Gasteiger partial charge is 0.0345 e. The largest absolute Gasteiger partial charge is 0.144 e. The van der Waals surface area contributed by atoms with Crippen molar-refractivity contribution in [1.29, 1.82) is 0 Å². The number of thiophene rings is 1. The van der Waals surface area contributed by atoms with Crippen molar-refractivity contribution in [2.45, 2.75) is 6.42 Å². The fourth-order valence-corrected chi connectivity index (χ4v) is 2.75. The van der Waals surface area contributed by atoms with Crippen LogP contribution in [0, 0.1) is 0 Å². The lowest BCUT2D eigenvalue weighted by Gasteiger charge is -1.93. The lowest BCUT2D eigenvalue weighted by atomic mass is 10.1. The first-order valence-corrected chi connectivity index (χ1v) is 5.93. The molecular weight excluding hydrogens is 232 g/mol. The molecule has 0 nitrogen and oxygen atoms in total. The van der Waals surface area contributed by atoms with Gasteiger partial charge >= 0.3 is 0 Å². The maximum atomic E-state index is 3.46. The van der Waals surface area contributed by atoms with Gasteiger partial charge in [0.15, 0.2) is 0 Å². The lowest BCUT2D eigenvalue weighted by Crippen LogP contribution is -1.81. The molecule has 0 spiro atoms. The molecule has 0 fully saturated rings. The number of fused-ring (bicyclic) bond motifs is 1. The summed E-state index contributed by atoms with van der Waals surface area (Å²) in [5.41, 5.74) is 1.47. The van der Waals surface area contributed by atoms with E-state index in [1.165, 1.54) is 15.6 Å². The molecule has 0 aliphatic rings. The normalized spacial score (nSPS) is 10.8. The van der Waals surface area contributed by atoms with Gasteiger partial charge in [0.1, 0.15) is 0 Å². The van der Waals surface area contributed by atoms with Crippen LogP contribution in [0.5, 0.6) is 0 Å². The van der Waals surface area contributed by atoms with Crippen LogP contribution in [0.4, 0.5) is 0 Å². The molecule has 2 heteroatoms. The number of hydrogen-bond donors (Lipinski definition) is 0. The molecule has 1 heterocycles. The molecule has 12 heavy (non-hydrogen) atoms. The second-order valence-corrected chi connectivity index (χ2v) is 4.40. The first-order valence-electron chi connectivity index (χ1n) is 3.93. The Balaban J connectivity index is 2.55. The van der Waals surface area contributed by atoms with Gasteiger partial charge in [-0.3, -0.25) is 0 Å². The van der Waals surface area contributed by atoms with Gasteiger partial charge in [0.25, 0.3) is 0 Å². The Hall–Kier alpha value is -0.340. The fourth-order valence-electron chi connectivity index (χ4n) is 1.33. The van der Waals surface area contributed by atoms with Crippen molar-refractivity contribution < 1.29 is 0 Å². The summed E-state index contributed by atoms with van der Waals surface area (Å²) in [5, 5.41) is 4.72. The van der Waals surface area contributed by atoms with Crippen LogP contribution in [0.25, 0.3) is 10.1 Å². The van der Waals surface area contributed by atoms with E-state index < -0.39 is 0 Å². The molecule has 62 valence electrons. The van der Waals surface area contributed by atoms with Crippen LogP contribution < -0.4 is 0 Å². The van der Waals surface area contributed by atoms with Crippen LogP contribution in [-0.2, 0) is 6.42 Å². The summed E-state index contributed by atoms with van der Waals surface area (Å²) in [5.74, 6) is 0. The average molecular weight is 241 g/mol. The highest BCUT2D eigenvalue weighted by Gasteiger charge is 2.00. The van der Waals surface area contributed by atoms with Crippen molar-refractivity contribution >= 4 is 37.4 Å². The summed E-state index contributed by atoms with van der Waals surface area (Å²) in [6, 6.07) is 8.57. The van der Waals surface area contributed by atoms with Crippen LogP contribution in [0.3, 0.4) is 0 Å². The van der Waals surface area contributed by atoms with Gasteiger partial charge in [-0.05, 0) is 28.8 Å². The van der Waals surface area contributed by atoms with Gasteiger partial charge in [0.05, 0.1) is 0 Å². The third kappa shape index (κ3) is 1.41. The predicted octanol–water partition coefficient (Wildman–Crippen LogP) is 3.84. The highest BCUT2D eigenvalue weighted by molar-refractivity contribution is 9.09. The van der Waals surface area contributed by atoms with Gasteiger partial charge in [-0.25, -0.2) is 0 Å². The Kier molecular flexibility index (Phi) is 2.47. The van der Waals surface area contributed by atoms with E-state index in [0.29, 0.717) is 0 Å². The summed E-state index contributed by atoms with van der Waals surface area (Å²) >= 11 is 5.29. The molecule has 0 amide bonds. The quantitative estimate of drug-likeness (QED) is 0.701. The first kappa shape index (κ1) is 8.27. The topological polar surface area (TPSA) is 0 Å². The lowest BCUT2D eigenvalue weighted by molar-refractivity contribution is 1.20. The third-order valence-electron chi connectivity index (χ3n) is 1.92. The molecule has 0 aliphatic heterocycles. The van der Waals surface area contributed by atoms with Crippen LogP contribution in [0.1, 0.15) is 5.56 Å². The van der Waals surface area contributed by atoms with E-state index in [-0.39, 0.29) is 0 Å². The Morgan fingerprint density at radius 3 is 2.92 bits per heavy atom. The van der Waals surface area contributed by atoms with E-state index >= 15 is 0 Å². The first-order chi connectivity index (χ1) is 5.92. The number of benzene rings is 1. The zero-order valence-electron chi connectivity index (χ0n) is 6.59. The minimum absolute atomic E-state index is 1.05. The van der Waals surface area contributed by atoms with Crippen LogP contribution >= 0.6 is 27.3 Å². The van der Waals surface area contributed by atoms with Gasteiger partial charge in [-0.15, -0.1) is 11.3 Å². The van der Waals surface area contributed by atoms with Crippen molar-refractivity contribution in [3.05, 3.63) is 35.2 Å². The second kappa shape index (κ2) is 3.58. The maximum absolute atomic E-state index is 3.46. The van der Waals surface area contributed by atoms with Crippen molar-refractivity contribution in [2.75, 3.05) is 5.33 Å². The van der Waals surface area contributed by atoms with Gasteiger partial charge in [0, 0.05) is 10.0 Å². The van der Waals surface area contributed by atoms with Crippen molar-refractivity contribution in [3.63, 3.8) is 0 Å². The number of rotatable bonds is 2. The van der Waals surface area contributed by atoms with E-state index in [9.17, 15) is 0 Å². The highest BCUT2D eigenvalue weighted by Crippen LogP contribution is 2.25. The molecule has 0 N–H and O–H groups in total. The molecule has 0 saturated heterocycles. The van der Waals surface area contributed by atoms with Gasteiger partial charge in [0.2, 0.25) is 0 Å². The Morgan fingerprint density at radius 2 is 2.08 bits per heavy atom. The van der Waals surface area contributed by atoms with Crippen molar-refractivity contribution in [3.8, 4) is 0 Å². The average Bonchev–Trinajstić information content (AvgIpc) is 2.50. The zero-order valence-corrected chi connectivity index (χ0v) is 8.99. The second-order valence-electron chi connectivity index (χ2n) is 2.70. The molecule has 0 atom stereocenters. The molecule has 0 bridgehead atoms. The van der Waals surface area contributed by atoms with E-state index in [2.05, 4.69) is 45.6 Å². The Labute approximate surface area is 84.4 Å². The van der Waals surface area contributed by atoms with Gasteiger partial charge in [-0.1, -0.05) is 34.1 Å². The van der Waals surface area contributed by atoms with Crippen molar-refractivity contribution in [2.24, 2.45) is 0 Å². The summed E-state index contributed by atoms with van der Waals surface area (Å²) in [6.45, 7) is 0. The van der Waals surface area contributed by atoms with Gasteiger partial charge in [-0.2, -0.15) is 0 Å². The van der Waals surface area contributed by atoms with Crippen molar-refractivity contribution in [1.82, 2.24) is 0 Å². The SMILES string of the molecule is BrCCc1csc2ccccc12.